The molecule has 20 heavy (non-hydrogen) atoms. The van der Waals surface area contributed by atoms with Gasteiger partial charge in [-0.05, 0) is 30.2 Å². The fraction of sp³-hybridized carbons (Fsp3) is 0.214. The number of fused-ring (bicyclic) bond motifs is 1. The minimum absolute atomic E-state index is 0.129. The van der Waals surface area contributed by atoms with Gasteiger partial charge in [-0.15, -0.1) is 11.3 Å². The molecule has 1 atom stereocenters. The van der Waals surface area contributed by atoms with E-state index in [1.54, 1.807) is 11.3 Å². The molecule has 1 unspecified atom stereocenters. The van der Waals surface area contributed by atoms with Crippen LogP contribution in [-0.4, -0.2) is 15.0 Å². The molecule has 1 N–H and O–H groups in total. The molecule has 0 aliphatic heterocycles. The van der Waals surface area contributed by atoms with Crippen LogP contribution in [-0.2, 0) is 0 Å². The van der Waals surface area contributed by atoms with Crippen LogP contribution in [0.4, 0.5) is 5.82 Å². The summed E-state index contributed by atoms with van der Waals surface area (Å²) in [6.07, 6.45) is 2.73. The van der Waals surface area contributed by atoms with Gasteiger partial charge in [0.1, 0.15) is 10.8 Å². The zero-order valence-corrected chi connectivity index (χ0v) is 12.4. The monoisotopic (exact) mass is 304 g/mol. The molecular formula is C14H13ClN4S. The first-order valence-electron chi connectivity index (χ1n) is 6.36. The third-order valence-electron chi connectivity index (χ3n) is 3.04. The summed E-state index contributed by atoms with van der Waals surface area (Å²) in [5.41, 5.74) is 0.837. The Labute approximate surface area is 125 Å². The molecule has 2 heterocycles. The number of anilines is 1. The lowest BCUT2D eigenvalue weighted by molar-refractivity contribution is 0.738. The van der Waals surface area contributed by atoms with Gasteiger partial charge in [0.05, 0.1) is 11.6 Å². The normalized spacial score (nSPS) is 12.5. The fourth-order valence-corrected chi connectivity index (χ4v) is 3.02. The third kappa shape index (κ3) is 2.59. The van der Waals surface area contributed by atoms with E-state index in [1.165, 1.54) is 0 Å². The van der Waals surface area contributed by atoms with Crippen molar-refractivity contribution in [2.24, 2.45) is 0 Å². The maximum Gasteiger partial charge on any atom is 0.224 e. The zero-order valence-electron chi connectivity index (χ0n) is 10.9. The van der Waals surface area contributed by atoms with Gasteiger partial charge >= 0.3 is 0 Å². The molecular weight excluding hydrogens is 292 g/mol. The number of thiazole rings is 1. The SMILES string of the molecule is CCC(Nc1nc(Cl)nc2ccccc12)c1nccs1. The van der Waals surface area contributed by atoms with Crippen molar-refractivity contribution in [2.75, 3.05) is 5.32 Å². The third-order valence-corrected chi connectivity index (χ3v) is 4.10. The Bertz CT molecular complexity index is 714. The lowest BCUT2D eigenvalue weighted by Crippen LogP contribution is -2.11. The minimum atomic E-state index is 0.129. The predicted octanol–water partition coefficient (Wildman–Crippen LogP) is 4.30. The Morgan fingerprint density at radius 1 is 1.30 bits per heavy atom. The summed E-state index contributed by atoms with van der Waals surface area (Å²) < 4.78 is 0. The van der Waals surface area contributed by atoms with Gasteiger partial charge < -0.3 is 5.32 Å². The van der Waals surface area contributed by atoms with Crippen molar-refractivity contribution in [1.29, 1.82) is 0 Å². The molecule has 3 rings (SSSR count). The number of nitrogens with zero attached hydrogens (tertiary/aromatic N) is 3. The quantitative estimate of drug-likeness (QED) is 0.730. The van der Waals surface area contributed by atoms with Crippen LogP contribution in [0, 0.1) is 0 Å². The van der Waals surface area contributed by atoms with Crippen LogP contribution in [0.25, 0.3) is 10.9 Å². The molecule has 0 fully saturated rings. The topological polar surface area (TPSA) is 50.7 Å². The smallest absolute Gasteiger partial charge is 0.224 e. The van der Waals surface area contributed by atoms with E-state index in [0.717, 1.165) is 28.1 Å². The van der Waals surface area contributed by atoms with Gasteiger partial charge in [0.15, 0.2) is 0 Å². The van der Waals surface area contributed by atoms with E-state index in [1.807, 2.05) is 35.8 Å². The Kier molecular flexibility index (Phi) is 3.80. The molecule has 1 aromatic carbocycles. The number of hydrogen-bond donors (Lipinski definition) is 1. The van der Waals surface area contributed by atoms with Crippen LogP contribution in [0.5, 0.6) is 0 Å². The molecule has 6 heteroatoms. The molecule has 0 bridgehead atoms. The molecule has 2 aromatic heterocycles. The highest BCUT2D eigenvalue weighted by Crippen LogP contribution is 2.28. The van der Waals surface area contributed by atoms with Crippen molar-refractivity contribution >= 4 is 39.7 Å². The van der Waals surface area contributed by atoms with Crippen LogP contribution in [0.2, 0.25) is 5.28 Å². The Balaban J connectivity index is 2.01. The standard InChI is InChI=1S/C14H13ClN4S/c1-2-10(13-16-7-8-20-13)17-12-9-5-3-4-6-11(9)18-14(15)19-12/h3-8,10H,2H2,1H3,(H,17,18,19). The van der Waals surface area contributed by atoms with Crippen molar-refractivity contribution in [3.63, 3.8) is 0 Å². The summed E-state index contributed by atoms with van der Waals surface area (Å²) in [4.78, 5) is 12.9. The highest BCUT2D eigenvalue weighted by Gasteiger charge is 2.15. The van der Waals surface area contributed by atoms with Crippen molar-refractivity contribution in [3.05, 3.63) is 46.1 Å². The summed E-state index contributed by atoms with van der Waals surface area (Å²) in [6.45, 7) is 2.12. The Hall–Kier alpha value is -1.72. The Morgan fingerprint density at radius 3 is 2.90 bits per heavy atom. The second-order valence-electron chi connectivity index (χ2n) is 4.33. The maximum atomic E-state index is 6.00. The first kappa shape index (κ1) is 13.3. The number of para-hydroxylation sites is 1. The summed E-state index contributed by atoms with van der Waals surface area (Å²) >= 11 is 7.63. The van der Waals surface area contributed by atoms with Crippen LogP contribution < -0.4 is 5.32 Å². The predicted molar refractivity (Wildman–Crippen MR) is 83.3 cm³/mol. The second kappa shape index (κ2) is 5.73. The largest absolute Gasteiger partial charge is 0.360 e. The van der Waals surface area contributed by atoms with Gasteiger partial charge in [-0.3, -0.25) is 0 Å². The molecule has 0 aliphatic rings. The average Bonchev–Trinajstić information content (AvgIpc) is 2.98. The van der Waals surface area contributed by atoms with Crippen LogP contribution in [0.3, 0.4) is 0 Å². The van der Waals surface area contributed by atoms with Gasteiger partial charge in [0, 0.05) is 17.0 Å². The highest BCUT2D eigenvalue weighted by molar-refractivity contribution is 7.09. The lowest BCUT2D eigenvalue weighted by Gasteiger charge is -2.16. The summed E-state index contributed by atoms with van der Waals surface area (Å²) in [7, 11) is 0. The van der Waals surface area contributed by atoms with Crippen LogP contribution >= 0.6 is 22.9 Å². The first-order valence-corrected chi connectivity index (χ1v) is 7.62. The van der Waals surface area contributed by atoms with Crippen molar-refractivity contribution in [3.8, 4) is 0 Å². The van der Waals surface area contributed by atoms with E-state index in [4.69, 9.17) is 11.6 Å². The lowest BCUT2D eigenvalue weighted by atomic mass is 10.2. The maximum absolute atomic E-state index is 6.00. The molecule has 3 aromatic rings. The summed E-state index contributed by atoms with van der Waals surface area (Å²) in [5.74, 6) is 0.752. The molecule has 0 radical (unpaired) electrons. The summed E-state index contributed by atoms with van der Waals surface area (Å²) in [6, 6.07) is 7.95. The van der Waals surface area contributed by atoms with Gasteiger partial charge in [0.2, 0.25) is 5.28 Å². The molecule has 0 amide bonds. The number of nitrogens with one attached hydrogen (secondary N) is 1. The van der Waals surface area contributed by atoms with Gasteiger partial charge in [-0.2, -0.15) is 0 Å². The van der Waals surface area contributed by atoms with Crippen molar-refractivity contribution < 1.29 is 0 Å². The molecule has 4 nitrogen and oxygen atoms in total. The van der Waals surface area contributed by atoms with Gasteiger partial charge in [-0.25, -0.2) is 15.0 Å². The van der Waals surface area contributed by atoms with Crippen LogP contribution in [0.15, 0.2) is 35.8 Å². The number of aromatic nitrogens is 3. The molecule has 102 valence electrons. The molecule has 0 spiro atoms. The number of hydrogen-bond acceptors (Lipinski definition) is 5. The van der Waals surface area contributed by atoms with E-state index in [9.17, 15) is 0 Å². The zero-order chi connectivity index (χ0) is 13.9. The van der Waals surface area contributed by atoms with Crippen molar-refractivity contribution in [2.45, 2.75) is 19.4 Å². The summed E-state index contributed by atoms with van der Waals surface area (Å²) in [5, 5.41) is 7.67. The number of halogens is 1. The van der Waals surface area contributed by atoms with E-state index in [2.05, 4.69) is 27.2 Å². The molecule has 0 aliphatic carbocycles. The molecule has 0 saturated heterocycles. The number of rotatable bonds is 4. The van der Waals surface area contributed by atoms with Gasteiger partial charge in [-0.1, -0.05) is 19.1 Å². The Morgan fingerprint density at radius 2 is 2.15 bits per heavy atom. The second-order valence-corrected chi connectivity index (χ2v) is 5.60. The van der Waals surface area contributed by atoms with Crippen LogP contribution in [0.1, 0.15) is 24.4 Å². The fourth-order valence-electron chi connectivity index (χ4n) is 2.07. The van der Waals surface area contributed by atoms with E-state index in [-0.39, 0.29) is 11.3 Å². The average molecular weight is 305 g/mol. The molecule has 0 saturated carbocycles. The van der Waals surface area contributed by atoms with Crippen molar-refractivity contribution in [1.82, 2.24) is 15.0 Å². The highest BCUT2D eigenvalue weighted by atomic mass is 35.5. The van der Waals surface area contributed by atoms with E-state index >= 15 is 0 Å². The van der Waals surface area contributed by atoms with E-state index < -0.39 is 0 Å². The number of benzene rings is 1. The van der Waals surface area contributed by atoms with E-state index in [0.29, 0.717) is 0 Å². The minimum Gasteiger partial charge on any atom is -0.360 e. The first-order chi connectivity index (χ1) is 9.78. The van der Waals surface area contributed by atoms with Gasteiger partial charge in [0.25, 0.3) is 0 Å².